The summed E-state index contributed by atoms with van der Waals surface area (Å²) in [5.74, 6) is 0.447. The Morgan fingerprint density at radius 3 is 2.70 bits per heavy atom. The largest absolute Gasteiger partial charge is 0.463 e. The Kier molecular flexibility index (Phi) is 7.71. The molecular weight excluding hydrogens is 400 g/mol. The highest BCUT2D eigenvalue weighted by molar-refractivity contribution is 6.30. The number of nitrogens with one attached hydrogen (secondary N) is 2. The highest BCUT2D eigenvalue weighted by Gasteiger charge is 2.20. The molecule has 2 aromatic heterocycles. The van der Waals surface area contributed by atoms with Crippen LogP contribution in [0.1, 0.15) is 44.1 Å². The van der Waals surface area contributed by atoms with E-state index in [1.54, 1.807) is 40.1 Å². The van der Waals surface area contributed by atoms with Crippen LogP contribution < -0.4 is 10.2 Å². The molecule has 0 spiro atoms. The van der Waals surface area contributed by atoms with Gasteiger partial charge in [0.15, 0.2) is 5.76 Å². The molecule has 2 heterocycles. The van der Waals surface area contributed by atoms with Crippen molar-refractivity contribution < 1.29 is 14.1 Å². The van der Waals surface area contributed by atoms with Crippen molar-refractivity contribution in [1.82, 2.24) is 15.1 Å². The van der Waals surface area contributed by atoms with Crippen LogP contribution in [-0.2, 0) is 0 Å². The molecule has 160 valence electrons. The van der Waals surface area contributed by atoms with Crippen molar-refractivity contribution in [2.75, 3.05) is 19.6 Å². The fourth-order valence-corrected chi connectivity index (χ4v) is 3.71. The number of aromatic nitrogens is 2. The minimum atomic E-state index is -0.164. The summed E-state index contributed by atoms with van der Waals surface area (Å²) in [6, 6.07) is 12.7. The van der Waals surface area contributed by atoms with Crippen molar-refractivity contribution in [3.8, 4) is 17.1 Å². The molecule has 0 bridgehead atoms. The molecule has 1 amide bonds. The summed E-state index contributed by atoms with van der Waals surface area (Å²) < 4.78 is 7.09. The zero-order valence-corrected chi connectivity index (χ0v) is 18.6. The van der Waals surface area contributed by atoms with Gasteiger partial charge in [0.25, 0.3) is 5.91 Å². The molecule has 0 radical (unpaired) electrons. The maximum Gasteiger partial charge on any atom is 0.270 e. The van der Waals surface area contributed by atoms with Crippen LogP contribution in [0.5, 0.6) is 0 Å². The van der Waals surface area contributed by atoms with Crippen LogP contribution in [0.3, 0.4) is 0 Å². The first-order valence-corrected chi connectivity index (χ1v) is 10.9. The predicted molar refractivity (Wildman–Crippen MR) is 119 cm³/mol. The van der Waals surface area contributed by atoms with E-state index in [0.717, 1.165) is 38.2 Å². The van der Waals surface area contributed by atoms with E-state index in [9.17, 15) is 4.79 Å². The van der Waals surface area contributed by atoms with Crippen LogP contribution in [0.4, 0.5) is 0 Å². The van der Waals surface area contributed by atoms with Gasteiger partial charge in [0.05, 0.1) is 31.6 Å². The molecule has 0 aliphatic carbocycles. The molecule has 0 fully saturated rings. The maximum atomic E-state index is 13.1. The lowest BCUT2D eigenvalue weighted by Gasteiger charge is -2.18. The lowest BCUT2D eigenvalue weighted by atomic mass is 10.1. The van der Waals surface area contributed by atoms with Gasteiger partial charge in [-0.3, -0.25) is 4.79 Å². The van der Waals surface area contributed by atoms with E-state index in [1.165, 1.54) is 0 Å². The average Bonchev–Trinajstić information content (AvgIpc) is 3.41. The van der Waals surface area contributed by atoms with Gasteiger partial charge in [-0.15, -0.1) is 0 Å². The van der Waals surface area contributed by atoms with E-state index in [0.29, 0.717) is 22.2 Å². The SMILES string of the molecule is CC[NH+](CC)CCC[C@H](C)NC(=O)c1cc(-c2ccco2)nn1-c1cccc(Cl)c1. The Labute approximate surface area is 182 Å². The zero-order chi connectivity index (χ0) is 21.5. The Bertz CT molecular complexity index is 948. The maximum absolute atomic E-state index is 13.1. The second-order valence-corrected chi connectivity index (χ2v) is 7.94. The van der Waals surface area contributed by atoms with Crippen LogP contribution in [0.15, 0.2) is 53.1 Å². The number of furan rings is 1. The minimum Gasteiger partial charge on any atom is -0.463 e. The molecule has 0 aliphatic heterocycles. The third-order valence-corrected chi connectivity index (χ3v) is 5.55. The number of hydrogen-bond acceptors (Lipinski definition) is 3. The fraction of sp³-hybridized carbons (Fsp3) is 0.391. The summed E-state index contributed by atoms with van der Waals surface area (Å²) in [6.07, 6.45) is 3.60. The monoisotopic (exact) mass is 429 g/mol. The van der Waals surface area contributed by atoms with Crippen LogP contribution in [0.2, 0.25) is 5.02 Å². The van der Waals surface area contributed by atoms with Crippen LogP contribution in [0, 0.1) is 0 Å². The minimum absolute atomic E-state index is 0.0715. The van der Waals surface area contributed by atoms with Crippen molar-refractivity contribution in [2.45, 2.75) is 39.7 Å². The van der Waals surface area contributed by atoms with Crippen LogP contribution >= 0.6 is 11.6 Å². The van der Waals surface area contributed by atoms with E-state index in [-0.39, 0.29) is 11.9 Å². The normalized spacial score (nSPS) is 12.3. The summed E-state index contributed by atoms with van der Waals surface area (Å²) in [7, 11) is 0. The molecule has 3 aromatic rings. The fourth-order valence-electron chi connectivity index (χ4n) is 3.52. The molecule has 0 saturated heterocycles. The zero-order valence-electron chi connectivity index (χ0n) is 17.8. The number of quaternary nitrogens is 1. The van der Waals surface area contributed by atoms with Crippen molar-refractivity contribution in [3.63, 3.8) is 0 Å². The molecular formula is C23H30ClN4O2+. The smallest absolute Gasteiger partial charge is 0.270 e. The van der Waals surface area contributed by atoms with Gasteiger partial charge >= 0.3 is 0 Å². The first-order valence-electron chi connectivity index (χ1n) is 10.6. The van der Waals surface area contributed by atoms with Crippen LogP contribution in [-0.4, -0.2) is 41.4 Å². The topological polar surface area (TPSA) is 64.5 Å². The number of carbonyl (C=O) groups is 1. The molecule has 1 aromatic carbocycles. The number of carbonyl (C=O) groups excluding carboxylic acids is 1. The van der Waals surface area contributed by atoms with Gasteiger partial charge in [0.1, 0.15) is 11.4 Å². The van der Waals surface area contributed by atoms with Gasteiger partial charge in [0.2, 0.25) is 0 Å². The van der Waals surface area contributed by atoms with Gasteiger partial charge in [0, 0.05) is 17.1 Å². The number of nitrogens with zero attached hydrogens (tertiary/aromatic N) is 2. The van der Waals surface area contributed by atoms with Crippen molar-refractivity contribution in [2.24, 2.45) is 0 Å². The summed E-state index contributed by atoms with van der Waals surface area (Å²) in [5.41, 5.74) is 1.77. The molecule has 0 aliphatic rings. The summed E-state index contributed by atoms with van der Waals surface area (Å²) in [5, 5.41) is 8.30. The second-order valence-electron chi connectivity index (χ2n) is 7.51. The molecule has 7 heteroatoms. The summed E-state index contributed by atoms with van der Waals surface area (Å²) >= 11 is 6.16. The Morgan fingerprint density at radius 1 is 1.23 bits per heavy atom. The quantitative estimate of drug-likeness (QED) is 0.517. The Balaban J connectivity index is 1.77. The summed E-state index contributed by atoms with van der Waals surface area (Å²) in [4.78, 5) is 14.7. The number of halogens is 1. The molecule has 6 nitrogen and oxygen atoms in total. The molecule has 30 heavy (non-hydrogen) atoms. The highest BCUT2D eigenvalue weighted by Crippen LogP contribution is 2.23. The van der Waals surface area contributed by atoms with Crippen molar-refractivity contribution >= 4 is 17.5 Å². The first kappa shape index (κ1) is 22.1. The second kappa shape index (κ2) is 10.5. The lowest BCUT2D eigenvalue weighted by Crippen LogP contribution is -3.11. The van der Waals surface area contributed by atoms with Gasteiger partial charge in [-0.1, -0.05) is 17.7 Å². The van der Waals surface area contributed by atoms with Gasteiger partial charge < -0.3 is 14.6 Å². The molecule has 2 N–H and O–H groups in total. The Hall–Kier alpha value is -2.57. The third kappa shape index (κ3) is 5.52. The van der Waals surface area contributed by atoms with Crippen molar-refractivity contribution in [1.29, 1.82) is 0 Å². The van der Waals surface area contributed by atoms with Gasteiger partial charge in [-0.2, -0.15) is 5.10 Å². The number of amides is 1. The number of rotatable bonds is 10. The highest BCUT2D eigenvalue weighted by atomic mass is 35.5. The third-order valence-electron chi connectivity index (χ3n) is 5.31. The van der Waals surface area contributed by atoms with Crippen LogP contribution in [0.25, 0.3) is 17.1 Å². The van der Waals surface area contributed by atoms with Crippen molar-refractivity contribution in [3.05, 3.63) is 59.4 Å². The average molecular weight is 430 g/mol. The first-order chi connectivity index (χ1) is 14.5. The number of hydrogen-bond donors (Lipinski definition) is 2. The van der Waals surface area contributed by atoms with Gasteiger partial charge in [-0.25, -0.2) is 4.68 Å². The van der Waals surface area contributed by atoms with E-state index in [1.807, 2.05) is 25.1 Å². The van der Waals surface area contributed by atoms with E-state index in [4.69, 9.17) is 16.0 Å². The number of benzene rings is 1. The molecule has 1 atom stereocenters. The summed E-state index contributed by atoms with van der Waals surface area (Å²) in [6.45, 7) is 9.84. The molecule has 0 unspecified atom stereocenters. The Morgan fingerprint density at radius 2 is 2.03 bits per heavy atom. The van der Waals surface area contributed by atoms with E-state index in [2.05, 4.69) is 24.3 Å². The predicted octanol–water partition coefficient (Wildman–Crippen LogP) is 3.61. The van der Waals surface area contributed by atoms with E-state index < -0.39 is 0 Å². The molecule has 0 saturated carbocycles. The standard InChI is InChI=1S/C23H29ClN4O2/c1-4-27(5-2)13-7-9-17(3)25-23(29)21-16-20(22-12-8-14-30-22)26-28(21)19-11-6-10-18(24)15-19/h6,8,10-12,14-17H,4-5,7,9,13H2,1-3H3,(H,25,29)/p+1/t17-/m0/s1. The van der Waals surface area contributed by atoms with E-state index >= 15 is 0 Å². The molecule has 3 rings (SSSR count). The van der Waals surface area contributed by atoms with Gasteiger partial charge in [-0.05, 0) is 63.9 Å². The lowest BCUT2D eigenvalue weighted by molar-refractivity contribution is -0.896.